The van der Waals surface area contributed by atoms with Crippen LogP contribution < -0.4 is 16.6 Å². The summed E-state index contributed by atoms with van der Waals surface area (Å²) in [5.41, 5.74) is 2.85. The molecule has 4 N–H and O–H groups in total. The maximum atomic E-state index is 12.1. The summed E-state index contributed by atoms with van der Waals surface area (Å²) in [5, 5.41) is 2.90. The van der Waals surface area contributed by atoms with Gasteiger partial charge in [-0.25, -0.2) is 10.8 Å². The van der Waals surface area contributed by atoms with E-state index in [1.807, 2.05) is 0 Å². The fraction of sp³-hybridized carbons (Fsp3) is 0.500. The third kappa shape index (κ3) is 3.89. The van der Waals surface area contributed by atoms with E-state index in [2.05, 4.69) is 31.7 Å². The largest absolute Gasteiger partial charge is 0.381 e. The molecule has 0 saturated carbocycles. The molecular weight excluding hydrogens is 312 g/mol. The Morgan fingerprint density at radius 2 is 2.47 bits per heavy atom. The molecule has 1 fully saturated rings. The number of ether oxygens (including phenoxy) is 1. The topological polar surface area (TPSA) is 89.3 Å². The maximum absolute atomic E-state index is 12.1. The van der Waals surface area contributed by atoms with E-state index >= 15 is 0 Å². The number of nitrogens with two attached hydrogens (primary N) is 1. The molecule has 1 unspecified atom stereocenters. The Hall–Kier alpha value is -1.18. The van der Waals surface area contributed by atoms with E-state index in [1.54, 1.807) is 12.3 Å². The average molecular weight is 329 g/mol. The number of carbonyl (C=O) groups excluding carboxylic acids is 1. The Balaban J connectivity index is 1.97. The van der Waals surface area contributed by atoms with E-state index < -0.39 is 0 Å². The molecule has 104 valence electrons. The van der Waals surface area contributed by atoms with Crippen LogP contribution in [0.1, 0.15) is 23.2 Å². The molecule has 1 aliphatic rings. The second-order valence-electron chi connectivity index (χ2n) is 4.49. The second kappa shape index (κ2) is 6.83. The summed E-state index contributed by atoms with van der Waals surface area (Å²) in [5.74, 6) is 5.91. The number of hydrogen-bond donors (Lipinski definition) is 3. The number of hydrogen-bond acceptors (Lipinski definition) is 5. The monoisotopic (exact) mass is 328 g/mol. The van der Waals surface area contributed by atoms with E-state index in [0.29, 0.717) is 30.5 Å². The molecule has 19 heavy (non-hydrogen) atoms. The number of rotatable bonds is 4. The van der Waals surface area contributed by atoms with Gasteiger partial charge < -0.3 is 15.5 Å². The summed E-state index contributed by atoms with van der Waals surface area (Å²) in [6.45, 7) is 2.13. The molecule has 1 aliphatic heterocycles. The van der Waals surface area contributed by atoms with Crippen LogP contribution in [-0.2, 0) is 4.74 Å². The number of nitrogens with one attached hydrogen (secondary N) is 2. The van der Waals surface area contributed by atoms with Crippen molar-refractivity contribution in [3.8, 4) is 0 Å². The number of hydrazine groups is 1. The molecule has 6 nitrogen and oxygen atoms in total. The lowest BCUT2D eigenvalue weighted by Gasteiger charge is -2.22. The van der Waals surface area contributed by atoms with Crippen LogP contribution in [0.5, 0.6) is 0 Å². The van der Waals surface area contributed by atoms with Gasteiger partial charge in [-0.05, 0) is 40.8 Å². The fourth-order valence-electron chi connectivity index (χ4n) is 2.03. The summed E-state index contributed by atoms with van der Waals surface area (Å²) >= 11 is 3.29. The van der Waals surface area contributed by atoms with Gasteiger partial charge in [0.1, 0.15) is 0 Å². The lowest BCUT2D eigenvalue weighted by Crippen LogP contribution is -2.33. The van der Waals surface area contributed by atoms with Crippen molar-refractivity contribution in [3.05, 3.63) is 22.3 Å². The molecule has 0 radical (unpaired) electrons. The first-order valence-electron chi connectivity index (χ1n) is 6.19. The lowest BCUT2D eigenvalue weighted by atomic mass is 10.0. The van der Waals surface area contributed by atoms with Gasteiger partial charge in [-0.15, -0.1) is 0 Å². The molecule has 0 aromatic carbocycles. The first kappa shape index (κ1) is 14.2. The number of anilines is 1. The molecular formula is C12H17BrN4O2. The Morgan fingerprint density at radius 1 is 1.63 bits per heavy atom. The number of halogens is 1. The van der Waals surface area contributed by atoms with Gasteiger partial charge in [0, 0.05) is 23.8 Å². The number of nitrogens with zero attached hydrogens (tertiary/aromatic N) is 1. The zero-order valence-corrected chi connectivity index (χ0v) is 12.1. The third-order valence-electron chi connectivity index (χ3n) is 3.04. The van der Waals surface area contributed by atoms with Gasteiger partial charge in [0.05, 0.1) is 12.2 Å². The summed E-state index contributed by atoms with van der Waals surface area (Å²) in [4.78, 5) is 16.2. The fourth-order valence-corrected chi connectivity index (χ4v) is 2.36. The summed E-state index contributed by atoms with van der Waals surface area (Å²) in [7, 11) is 0. The Labute approximate surface area is 120 Å². The van der Waals surface area contributed by atoms with E-state index in [9.17, 15) is 4.79 Å². The number of carbonyl (C=O) groups is 1. The summed E-state index contributed by atoms with van der Waals surface area (Å²) in [6, 6.07) is 1.69. The molecule has 2 rings (SSSR count). The first-order valence-corrected chi connectivity index (χ1v) is 6.98. The highest BCUT2D eigenvalue weighted by Crippen LogP contribution is 2.18. The zero-order valence-electron chi connectivity index (χ0n) is 10.5. The van der Waals surface area contributed by atoms with Crippen molar-refractivity contribution in [1.82, 2.24) is 10.3 Å². The van der Waals surface area contributed by atoms with Crippen LogP contribution in [0.15, 0.2) is 16.7 Å². The van der Waals surface area contributed by atoms with Crippen LogP contribution in [0.25, 0.3) is 0 Å². The molecule has 1 aromatic heterocycles. The highest BCUT2D eigenvalue weighted by atomic mass is 79.9. The minimum atomic E-state index is -0.188. The van der Waals surface area contributed by atoms with Crippen molar-refractivity contribution >= 4 is 27.7 Å². The highest BCUT2D eigenvalue weighted by Gasteiger charge is 2.17. The molecule has 0 bridgehead atoms. The van der Waals surface area contributed by atoms with Crippen LogP contribution >= 0.6 is 15.9 Å². The predicted octanol–water partition coefficient (Wildman–Crippen LogP) is 1.29. The predicted molar refractivity (Wildman–Crippen MR) is 75.6 cm³/mol. The van der Waals surface area contributed by atoms with Crippen LogP contribution in [0.3, 0.4) is 0 Å². The Morgan fingerprint density at radius 3 is 3.16 bits per heavy atom. The standard InChI is InChI=1S/C12H17BrN4O2/c13-9-4-10(11(17-14)15-6-9)12(18)16-5-8-2-1-3-19-7-8/h4,6,8H,1-3,5,7,14H2,(H,15,17)(H,16,18). The molecule has 1 aromatic rings. The van der Waals surface area contributed by atoms with E-state index in [4.69, 9.17) is 10.6 Å². The van der Waals surface area contributed by atoms with E-state index in [-0.39, 0.29) is 5.91 Å². The molecule has 1 amide bonds. The van der Waals surface area contributed by atoms with Gasteiger partial charge >= 0.3 is 0 Å². The van der Waals surface area contributed by atoms with Gasteiger partial charge in [-0.1, -0.05) is 0 Å². The average Bonchev–Trinajstić information content (AvgIpc) is 2.46. The van der Waals surface area contributed by atoms with Crippen LogP contribution in [-0.4, -0.2) is 30.6 Å². The molecule has 2 heterocycles. The molecule has 7 heteroatoms. The zero-order chi connectivity index (χ0) is 13.7. The Kier molecular flexibility index (Phi) is 5.12. The summed E-state index contributed by atoms with van der Waals surface area (Å²) in [6.07, 6.45) is 3.72. The second-order valence-corrected chi connectivity index (χ2v) is 5.40. The number of nitrogen functional groups attached to an aromatic ring is 1. The van der Waals surface area contributed by atoms with Crippen LogP contribution in [0, 0.1) is 5.92 Å². The van der Waals surface area contributed by atoms with Gasteiger partial charge in [0.25, 0.3) is 5.91 Å². The number of pyridine rings is 1. The van der Waals surface area contributed by atoms with E-state index in [0.717, 1.165) is 23.9 Å². The minimum absolute atomic E-state index is 0.188. The van der Waals surface area contributed by atoms with Crippen molar-refractivity contribution in [2.45, 2.75) is 12.8 Å². The van der Waals surface area contributed by atoms with E-state index in [1.165, 1.54) is 0 Å². The SMILES string of the molecule is NNc1ncc(Br)cc1C(=O)NCC1CCCOC1. The maximum Gasteiger partial charge on any atom is 0.255 e. The Bertz CT molecular complexity index is 449. The molecule has 0 aliphatic carbocycles. The van der Waals surface area contributed by atoms with Crippen LogP contribution in [0.4, 0.5) is 5.82 Å². The number of amides is 1. The highest BCUT2D eigenvalue weighted by molar-refractivity contribution is 9.10. The van der Waals surface area contributed by atoms with Gasteiger partial charge in [0.2, 0.25) is 0 Å². The smallest absolute Gasteiger partial charge is 0.255 e. The minimum Gasteiger partial charge on any atom is -0.381 e. The van der Waals surface area contributed by atoms with Crippen molar-refractivity contribution in [2.24, 2.45) is 11.8 Å². The molecule has 1 atom stereocenters. The van der Waals surface area contributed by atoms with Crippen LogP contribution in [0.2, 0.25) is 0 Å². The van der Waals surface area contributed by atoms with Crippen molar-refractivity contribution in [3.63, 3.8) is 0 Å². The quantitative estimate of drug-likeness (QED) is 0.572. The summed E-state index contributed by atoms with van der Waals surface area (Å²) < 4.78 is 6.11. The molecule has 0 spiro atoms. The first-order chi connectivity index (χ1) is 9.20. The molecule has 1 saturated heterocycles. The van der Waals surface area contributed by atoms with Crippen molar-refractivity contribution in [2.75, 3.05) is 25.2 Å². The van der Waals surface area contributed by atoms with Gasteiger partial charge in [-0.2, -0.15) is 0 Å². The van der Waals surface area contributed by atoms with Crippen molar-refractivity contribution in [1.29, 1.82) is 0 Å². The lowest BCUT2D eigenvalue weighted by molar-refractivity contribution is 0.0536. The third-order valence-corrected chi connectivity index (χ3v) is 3.48. The number of aromatic nitrogens is 1. The van der Waals surface area contributed by atoms with Gasteiger partial charge in [-0.3, -0.25) is 4.79 Å². The van der Waals surface area contributed by atoms with Gasteiger partial charge in [0.15, 0.2) is 5.82 Å². The normalized spacial score (nSPS) is 18.9. The van der Waals surface area contributed by atoms with Crippen molar-refractivity contribution < 1.29 is 9.53 Å².